The summed E-state index contributed by atoms with van der Waals surface area (Å²) in [5.74, 6) is 0.621. The fourth-order valence-electron chi connectivity index (χ4n) is 3.18. The lowest BCUT2D eigenvalue weighted by atomic mass is 10.0. The monoisotopic (exact) mass is 412 g/mol. The van der Waals surface area contributed by atoms with Crippen molar-refractivity contribution in [3.8, 4) is 5.75 Å². The zero-order valence-corrected chi connectivity index (χ0v) is 16.7. The summed E-state index contributed by atoms with van der Waals surface area (Å²) < 4.78 is 11.6. The molecule has 0 radical (unpaired) electrons. The van der Waals surface area contributed by atoms with Crippen LogP contribution >= 0.6 is 23.2 Å². The fraction of sp³-hybridized carbons (Fsp3) is 0.136. The Morgan fingerprint density at radius 2 is 1.89 bits per heavy atom. The first-order chi connectivity index (χ1) is 13.7. The zero-order valence-electron chi connectivity index (χ0n) is 15.2. The fourth-order valence-corrected chi connectivity index (χ4v) is 3.55. The van der Waals surface area contributed by atoms with Gasteiger partial charge in [-0.2, -0.15) is 0 Å². The Morgan fingerprint density at radius 3 is 2.64 bits per heavy atom. The van der Waals surface area contributed by atoms with E-state index in [2.05, 4.69) is 9.97 Å². The Hall–Kier alpha value is -2.53. The first-order valence-corrected chi connectivity index (χ1v) is 9.53. The molecular formula is C22H18Cl2N2O2. The maximum Gasteiger partial charge on any atom is 0.138 e. The molecule has 0 bridgehead atoms. The molecule has 4 nitrogen and oxygen atoms in total. The van der Waals surface area contributed by atoms with E-state index in [4.69, 9.17) is 32.7 Å². The molecule has 0 fully saturated rings. The summed E-state index contributed by atoms with van der Waals surface area (Å²) in [4.78, 5) is 7.52. The lowest BCUT2D eigenvalue weighted by Gasteiger charge is -2.17. The summed E-state index contributed by atoms with van der Waals surface area (Å²) in [6.07, 6.45) is 3.42. The molecule has 2 heterocycles. The van der Waals surface area contributed by atoms with Crippen molar-refractivity contribution in [2.45, 2.75) is 12.7 Å². The van der Waals surface area contributed by atoms with Crippen molar-refractivity contribution in [2.75, 3.05) is 7.11 Å². The molecule has 1 unspecified atom stereocenters. The number of fused-ring (bicyclic) bond motifs is 1. The summed E-state index contributed by atoms with van der Waals surface area (Å²) in [6, 6.07) is 17.2. The van der Waals surface area contributed by atoms with E-state index in [0.29, 0.717) is 22.4 Å². The molecule has 6 heteroatoms. The Balaban J connectivity index is 1.56. The average molecular weight is 413 g/mol. The number of aromatic nitrogens is 2. The number of H-pyrrole nitrogens is 1. The Bertz CT molecular complexity index is 1090. The van der Waals surface area contributed by atoms with Gasteiger partial charge in [-0.3, -0.25) is 0 Å². The second-order valence-corrected chi connectivity index (χ2v) is 7.21. The summed E-state index contributed by atoms with van der Waals surface area (Å²) in [7, 11) is 1.68. The molecule has 0 amide bonds. The number of halogens is 2. The number of benzene rings is 2. The van der Waals surface area contributed by atoms with Crippen molar-refractivity contribution < 1.29 is 9.47 Å². The average Bonchev–Trinajstić information content (AvgIpc) is 3.13. The van der Waals surface area contributed by atoms with Crippen LogP contribution in [-0.4, -0.2) is 17.1 Å². The van der Waals surface area contributed by atoms with Gasteiger partial charge in [-0.25, -0.2) is 4.98 Å². The van der Waals surface area contributed by atoms with Gasteiger partial charge in [-0.1, -0.05) is 41.4 Å². The predicted molar refractivity (Wildman–Crippen MR) is 112 cm³/mol. The third-order valence-corrected chi connectivity index (χ3v) is 5.11. The maximum absolute atomic E-state index is 6.48. The van der Waals surface area contributed by atoms with Gasteiger partial charge in [-0.05, 0) is 47.5 Å². The number of hydrogen-bond acceptors (Lipinski definition) is 3. The molecule has 28 heavy (non-hydrogen) atoms. The first kappa shape index (κ1) is 18.8. The molecule has 0 aliphatic heterocycles. The van der Waals surface area contributed by atoms with Gasteiger partial charge in [0.25, 0.3) is 0 Å². The van der Waals surface area contributed by atoms with E-state index in [9.17, 15) is 0 Å². The molecule has 0 aliphatic carbocycles. The molecular weight excluding hydrogens is 395 g/mol. The number of pyridine rings is 1. The Morgan fingerprint density at radius 1 is 1.07 bits per heavy atom. The highest BCUT2D eigenvalue weighted by Crippen LogP contribution is 2.35. The van der Waals surface area contributed by atoms with Crippen molar-refractivity contribution >= 4 is 34.2 Å². The van der Waals surface area contributed by atoms with E-state index in [-0.39, 0.29) is 6.10 Å². The molecule has 4 aromatic rings. The van der Waals surface area contributed by atoms with E-state index >= 15 is 0 Å². The molecule has 0 saturated heterocycles. The molecule has 2 aromatic carbocycles. The number of aromatic amines is 1. The van der Waals surface area contributed by atoms with E-state index in [1.165, 1.54) is 0 Å². The van der Waals surface area contributed by atoms with E-state index in [1.807, 2.05) is 60.8 Å². The van der Waals surface area contributed by atoms with Crippen LogP contribution in [0.5, 0.6) is 5.75 Å². The highest BCUT2D eigenvalue weighted by Gasteiger charge is 2.19. The highest BCUT2D eigenvalue weighted by molar-refractivity contribution is 6.32. The number of nitrogens with zero attached hydrogens (tertiary/aromatic N) is 1. The van der Waals surface area contributed by atoms with Crippen LogP contribution in [0.4, 0.5) is 0 Å². The van der Waals surface area contributed by atoms with Crippen LogP contribution in [0.25, 0.3) is 11.0 Å². The SMILES string of the molecule is COC(c1ccc(OCc2ccc(Cl)cc2)c(Cl)c1)c1c[nH]c2ncccc12. The van der Waals surface area contributed by atoms with Gasteiger partial charge in [-0.15, -0.1) is 0 Å². The third kappa shape index (κ3) is 3.85. The summed E-state index contributed by atoms with van der Waals surface area (Å²) in [6.45, 7) is 0.415. The Kier molecular flexibility index (Phi) is 5.53. The van der Waals surface area contributed by atoms with Gasteiger partial charge in [0.2, 0.25) is 0 Å². The third-order valence-electron chi connectivity index (χ3n) is 4.57. The van der Waals surface area contributed by atoms with Crippen molar-refractivity contribution in [2.24, 2.45) is 0 Å². The number of ether oxygens (including phenoxy) is 2. The highest BCUT2D eigenvalue weighted by atomic mass is 35.5. The normalized spacial score (nSPS) is 12.2. The number of rotatable bonds is 6. The number of nitrogens with one attached hydrogen (secondary N) is 1. The molecule has 2 aromatic heterocycles. The van der Waals surface area contributed by atoms with Crippen LogP contribution in [0.15, 0.2) is 67.0 Å². The van der Waals surface area contributed by atoms with Crippen LogP contribution in [0.3, 0.4) is 0 Å². The van der Waals surface area contributed by atoms with Crippen LogP contribution in [0.2, 0.25) is 10.0 Å². The topological polar surface area (TPSA) is 47.1 Å². The molecule has 4 rings (SSSR count). The summed E-state index contributed by atoms with van der Waals surface area (Å²) in [5.41, 5.74) is 3.80. The van der Waals surface area contributed by atoms with Crippen molar-refractivity contribution in [3.63, 3.8) is 0 Å². The molecule has 0 aliphatic rings. The smallest absolute Gasteiger partial charge is 0.138 e. The van der Waals surface area contributed by atoms with E-state index in [0.717, 1.165) is 27.7 Å². The zero-order chi connectivity index (χ0) is 19.5. The summed E-state index contributed by atoms with van der Waals surface area (Å²) >= 11 is 12.4. The van der Waals surface area contributed by atoms with Crippen molar-refractivity contribution in [3.05, 3.63) is 93.7 Å². The van der Waals surface area contributed by atoms with E-state index in [1.54, 1.807) is 13.3 Å². The quantitative estimate of drug-likeness (QED) is 0.410. The standard InChI is InChI=1S/C22H18Cl2N2O2/c1-27-21(18-12-26-22-17(18)3-2-10-25-22)15-6-9-20(19(24)11-15)28-13-14-4-7-16(23)8-5-14/h2-12,21H,13H2,1H3,(H,25,26). The molecule has 1 N–H and O–H groups in total. The van der Waals surface area contributed by atoms with E-state index < -0.39 is 0 Å². The Labute approximate surface area is 173 Å². The van der Waals surface area contributed by atoms with Crippen LogP contribution in [0, 0.1) is 0 Å². The summed E-state index contributed by atoms with van der Waals surface area (Å²) in [5, 5.41) is 2.25. The minimum Gasteiger partial charge on any atom is -0.487 e. The maximum atomic E-state index is 6.48. The van der Waals surface area contributed by atoms with Gasteiger partial charge in [0.05, 0.1) is 5.02 Å². The minimum atomic E-state index is -0.263. The lowest BCUT2D eigenvalue weighted by molar-refractivity contribution is 0.137. The molecule has 0 saturated carbocycles. The van der Waals surface area contributed by atoms with Gasteiger partial charge in [0.15, 0.2) is 0 Å². The van der Waals surface area contributed by atoms with Crippen LogP contribution < -0.4 is 4.74 Å². The number of hydrogen-bond donors (Lipinski definition) is 1. The number of methoxy groups -OCH3 is 1. The van der Waals surface area contributed by atoms with Gasteiger partial charge in [0.1, 0.15) is 24.1 Å². The molecule has 0 spiro atoms. The van der Waals surface area contributed by atoms with Crippen molar-refractivity contribution in [1.82, 2.24) is 9.97 Å². The van der Waals surface area contributed by atoms with Crippen LogP contribution in [-0.2, 0) is 11.3 Å². The molecule has 1 atom stereocenters. The minimum absolute atomic E-state index is 0.263. The first-order valence-electron chi connectivity index (χ1n) is 8.77. The van der Waals surface area contributed by atoms with Crippen molar-refractivity contribution in [1.29, 1.82) is 0 Å². The van der Waals surface area contributed by atoms with Gasteiger partial charge >= 0.3 is 0 Å². The lowest BCUT2D eigenvalue weighted by Crippen LogP contribution is -2.03. The predicted octanol–water partition coefficient (Wildman–Crippen LogP) is 6.18. The second-order valence-electron chi connectivity index (χ2n) is 6.36. The molecule has 142 valence electrons. The van der Waals surface area contributed by atoms with Gasteiger partial charge < -0.3 is 14.5 Å². The van der Waals surface area contributed by atoms with Gasteiger partial charge in [0, 0.05) is 35.5 Å². The van der Waals surface area contributed by atoms with Crippen LogP contribution in [0.1, 0.15) is 22.8 Å². The second kappa shape index (κ2) is 8.23. The largest absolute Gasteiger partial charge is 0.487 e.